The second-order valence-electron chi connectivity index (χ2n) is 5.49. The first kappa shape index (κ1) is 18.9. The van der Waals surface area contributed by atoms with Crippen molar-refractivity contribution in [3.8, 4) is 5.75 Å². The maximum Gasteiger partial charge on any atom is 0.155 e. The van der Waals surface area contributed by atoms with Crippen molar-refractivity contribution in [2.24, 2.45) is 0 Å². The van der Waals surface area contributed by atoms with Crippen molar-refractivity contribution in [3.63, 3.8) is 0 Å². The molecule has 0 saturated heterocycles. The first-order valence-electron chi connectivity index (χ1n) is 7.50. The molecule has 0 aliphatic rings. The lowest BCUT2D eigenvalue weighted by molar-refractivity contribution is 0.133. The van der Waals surface area contributed by atoms with E-state index in [4.69, 9.17) is 4.74 Å². The Balaban J connectivity index is 2.75. The zero-order chi connectivity index (χ0) is 16.6. The molecule has 1 atom stereocenters. The molecule has 0 N–H and O–H groups in total. The maximum atomic E-state index is 12.5. The van der Waals surface area contributed by atoms with Crippen LogP contribution in [0.15, 0.2) is 24.3 Å². The first-order valence-corrected chi connectivity index (χ1v) is 9.33. The van der Waals surface area contributed by atoms with Crippen LogP contribution >= 0.6 is 0 Å². The van der Waals surface area contributed by atoms with Gasteiger partial charge in [-0.2, -0.15) is 0 Å². The van der Waals surface area contributed by atoms with E-state index >= 15 is 0 Å². The fraction of sp³-hybridized carbons (Fsp3) is 0.625. The summed E-state index contributed by atoms with van der Waals surface area (Å²) in [7, 11) is -3.10. The minimum atomic E-state index is -3.10. The Hall–Kier alpha value is -1.17. The van der Waals surface area contributed by atoms with Gasteiger partial charge in [-0.3, -0.25) is 0 Å². The number of halogens is 2. The summed E-state index contributed by atoms with van der Waals surface area (Å²) in [6.45, 7) is 1.97. The number of ether oxygens (including phenoxy) is 1. The molecule has 0 spiro atoms. The standard InChI is InChI=1S/C16H24F2O3S/c1-3-4-8-22(19,20)12-13(2)14-6-5-7-15(9-14)21-16(10-17)11-18/h5-7,9,13,16H,3-4,8,10-12H2,1-2H3/t13-/m0/s1. The maximum absolute atomic E-state index is 12.5. The van der Waals surface area contributed by atoms with Gasteiger partial charge in [-0.15, -0.1) is 0 Å². The van der Waals surface area contributed by atoms with Gasteiger partial charge in [-0.1, -0.05) is 32.4 Å². The smallest absolute Gasteiger partial charge is 0.155 e. The summed E-state index contributed by atoms with van der Waals surface area (Å²) in [5.74, 6) is 0.414. The Labute approximate surface area is 131 Å². The normalized spacial score (nSPS) is 13.3. The lowest BCUT2D eigenvalue weighted by Gasteiger charge is -2.16. The SMILES string of the molecule is CCCCS(=O)(=O)C[C@H](C)c1cccc(OC(CF)CF)c1. The van der Waals surface area contributed by atoms with E-state index in [2.05, 4.69) is 0 Å². The minimum absolute atomic E-state index is 0.0616. The Morgan fingerprint density at radius 2 is 1.91 bits per heavy atom. The summed E-state index contributed by atoms with van der Waals surface area (Å²) in [5, 5.41) is 0. The second-order valence-corrected chi connectivity index (χ2v) is 7.72. The van der Waals surface area contributed by atoms with Gasteiger partial charge in [-0.05, 0) is 30.0 Å². The van der Waals surface area contributed by atoms with Crippen LogP contribution in [-0.4, -0.2) is 39.4 Å². The molecule has 0 bridgehead atoms. The Kier molecular flexibility index (Phi) is 7.79. The highest BCUT2D eigenvalue weighted by Gasteiger charge is 2.18. The lowest BCUT2D eigenvalue weighted by Crippen LogP contribution is -2.21. The number of sulfone groups is 1. The van der Waals surface area contributed by atoms with Gasteiger partial charge in [0.15, 0.2) is 15.9 Å². The van der Waals surface area contributed by atoms with Gasteiger partial charge in [0, 0.05) is 0 Å². The summed E-state index contributed by atoms with van der Waals surface area (Å²) in [6, 6.07) is 6.76. The topological polar surface area (TPSA) is 43.4 Å². The van der Waals surface area contributed by atoms with Gasteiger partial charge in [0.1, 0.15) is 19.1 Å². The van der Waals surface area contributed by atoms with E-state index in [0.717, 1.165) is 12.0 Å². The molecule has 0 aliphatic carbocycles. The third-order valence-electron chi connectivity index (χ3n) is 3.39. The summed E-state index contributed by atoms with van der Waals surface area (Å²) in [6.07, 6.45) is 0.386. The molecule has 1 aromatic rings. The van der Waals surface area contributed by atoms with E-state index in [0.29, 0.717) is 12.2 Å². The highest BCUT2D eigenvalue weighted by atomic mass is 32.2. The van der Waals surface area contributed by atoms with E-state index in [1.165, 1.54) is 0 Å². The average molecular weight is 334 g/mol. The number of alkyl halides is 2. The summed E-state index contributed by atoms with van der Waals surface area (Å²) < 4.78 is 54.2. The van der Waals surface area contributed by atoms with E-state index in [9.17, 15) is 17.2 Å². The highest BCUT2D eigenvalue weighted by Crippen LogP contribution is 2.23. The molecule has 0 heterocycles. The Morgan fingerprint density at radius 1 is 1.23 bits per heavy atom. The van der Waals surface area contributed by atoms with Crippen LogP contribution in [0.2, 0.25) is 0 Å². The van der Waals surface area contributed by atoms with E-state index in [-0.39, 0.29) is 17.4 Å². The van der Waals surface area contributed by atoms with E-state index < -0.39 is 29.3 Å². The third kappa shape index (κ3) is 6.30. The largest absolute Gasteiger partial charge is 0.485 e. The van der Waals surface area contributed by atoms with Gasteiger partial charge in [0.05, 0.1) is 11.5 Å². The van der Waals surface area contributed by atoms with Crippen LogP contribution in [0.1, 0.15) is 38.2 Å². The monoisotopic (exact) mass is 334 g/mol. The van der Waals surface area contributed by atoms with Crippen molar-refractivity contribution in [2.45, 2.75) is 38.7 Å². The van der Waals surface area contributed by atoms with Crippen molar-refractivity contribution in [3.05, 3.63) is 29.8 Å². The Morgan fingerprint density at radius 3 is 2.50 bits per heavy atom. The fourth-order valence-electron chi connectivity index (χ4n) is 2.12. The van der Waals surface area contributed by atoms with Crippen molar-refractivity contribution in [1.82, 2.24) is 0 Å². The van der Waals surface area contributed by atoms with E-state index in [1.54, 1.807) is 24.3 Å². The van der Waals surface area contributed by atoms with Crippen LogP contribution < -0.4 is 4.74 Å². The van der Waals surface area contributed by atoms with Crippen molar-refractivity contribution in [2.75, 3.05) is 24.9 Å². The Bertz CT molecular complexity index is 542. The molecular formula is C16H24F2O3S. The predicted octanol–water partition coefficient (Wildman–Crippen LogP) is 3.69. The average Bonchev–Trinajstić information content (AvgIpc) is 2.50. The molecule has 0 amide bonds. The van der Waals surface area contributed by atoms with Crippen LogP contribution in [0, 0.1) is 0 Å². The summed E-state index contributed by atoms with van der Waals surface area (Å²) >= 11 is 0. The number of benzene rings is 1. The van der Waals surface area contributed by atoms with Crippen LogP contribution in [0.4, 0.5) is 8.78 Å². The second kappa shape index (κ2) is 9.08. The van der Waals surface area contributed by atoms with Crippen molar-refractivity contribution in [1.29, 1.82) is 0 Å². The fourth-order valence-corrected chi connectivity index (χ4v) is 3.97. The quantitative estimate of drug-likeness (QED) is 0.655. The van der Waals surface area contributed by atoms with Crippen LogP contribution in [0.25, 0.3) is 0 Å². The molecule has 0 fully saturated rings. The summed E-state index contributed by atoms with van der Waals surface area (Å²) in [4.78, 5) is 0. The molecule has 22 heavy (non-hydrogen) atoms. The molecule has 0 saturated carbocycles. The van der Waals surface area contributed by atoms with Crippen LogP contribution in [0.5, 0.6) is 5.75 Å². The lowest BCUT2D eigenvalue weighted by atomic mass is 10.0. The predicted molar refractivity (Wildman–Crippen MR) is 84.8 cm³/mol. The molecule has 0 radical (unpaired) electrons. The molecule has 126 valence electrons. The molecule has 3 nitrogen and oxygen atoms in total. The van der Waals surface area contributed by atoms with Crippen LogP contribution in [-0.2, 0) is 9.84 Å². The first-order chi connectivity index (χ1) is 10.4. The van der Waals surface area contributed by atoms with Gasteiger partial charge in [-0.25, -0.2) is 17.2 Å². The van der Waals surface area contributed by atoms with Crippen molar-refractivity contribution < 1.29 is 21.9 Å². The van der Waals surface area contributed by atoms with Gasteiger partial charge >= 0.3 is 0 Å². The zero-order valence-corrected chi connectivity index (χ0v) is 13.9. The molecule has 0 aliphatic heterocycles. The highest BCUT2D eigenvalue weighted by molar-refractivity contribution is 7.91. The zero-order valence-electron chi connectivity index (χ0n) is 13.1. The minimum Gasteiger partial charge on any atom is -0.485 e. The molecule has 1 rings (SSSR count). The molecule has 1 aromatic carbocycles. The van der Waals surface area contributed by atoms with E-state index in [1.807, 2.05) is 13.8 Å². The van der Waals surface area contributed by atoms with Gasteiger partial charge in [0.25, 0.3) is 0 Å². The molecular weight excluding hydrogens is 310 g/mol. The summed E-state index contributed by atoms with van der Waals surface area (Å²) in [5.41, 5.74) is 0.786. The number of unbranched alkanes of at least 4 members (excludes halogenated alkanes) is 1. The number of hydrogen-bond acceptors (Lipinski definition) is 3. The number of rotatable bonds is 10. The van der Waals surface area contributed by atoms with Crippen molar-refractivity contribution >= 4 is 9.84 Å². The third-order valence-corrected chi connectivity index (χ3v) is 5.31. The van der Waals surface area contributed by atoms with Crippen LogP contribution in [0.3, 0.4) is 0 Å². The number of hydrogen-bond donors (Lipinski definition) is 0. The van der Waals surface area contributed by atoms with Gasteiger partial charge < -0.3 is 4.74 Å². The molecule has 0 aromatic heterocycles. The molecule has 6 heteroatoms. The van der Waals surface area contributed by atoms with Gasteiger partial charge in [0.2, 0.25) is 0 Å². The molecule has 0 unspecified atom stereocenters.